The highest BCUT2D eigenvalue weighted by Gasteiger charge is 2.13. The highest BCUT2D eigenvalue weighted by Crippen LogP contribution is 2.28. The third kappa shape index (κ3) is 3.69. The summed E-state index contributed by atoms with van der Waals surface area (Å²) < 4.78 is 4.92. The number of amides is 1. The molecule has 2 heterocycles. The maximum absolute atomic E-state index is 12.3. The van der Waals surface area contributed by atoms with E-state index in [1.54, 1.807) is 47.9 Å². The number of ether oxygens (including phenoxy) is 1. The molecule has 0 aliphatic heterocycles. The molecule has 0 saturated carbocycles. The minimum Gasteiger partial charge on any atom is -0.462 e. The van der Waals surface area contributed by atoms with Crippen molar-refractivity contribution in [1.29, 1.82) is 0 Å². The molecule has 1 aromatic carbocycles. The number of hydrogen-bond donors (Lipinski definition) is 1. The zero-order valence-electron chi connectivity index (χ0n) is 12.8. The number of thiazole rings is 1. The van der Waals surface area contributed by atoms with Gasteiger partial charge in [-0.25, -0.2) is 9.78 Å². The highest BCUT2D eigenvalue weighted by atomic mass is 32.1. The molecule has 0 aliphatic carbocycles. The Morgan fingerprint density at radius 1 is 1.17 bits per heavy atom. The Balaban J connectivity index is 1.67. The summed E-state index contributed by atoms with van der Waals surface area (Å²) in [5.74, 6) is -0.659. The molecule has 0 bridgehead atoms. The van der Waals surface area contributed by atoms with Crippen LogP contribution < -0.4 is 5.32 Å². The number of hydrogen-bond acceptors (Lipinski definition) is 6. The molecule has 7 heteroatoms. The molecule has 24 heavy (non-hydrogen) atoms. The van der Waals surface area contributed by atoms with Crippen molar-refractivity contribution in [2.24, 2.45) is 0 Å². The number of esters is 1. The number of carbonyl (C=O) groups excluding carboxylic acids is 2. The van der Waals surface area contributed by atoms with Gasteiger partial charge in [0, 0.05) is 11.1 Å². The number of carbonyl (C=O) groups is 2. The normalized spacial score (nSPS) is 10.4. The number of nitrogens with one attached hydrogen (secondary N) is 1. The maximum Gasteiger partial charge on any atom is 0.338 e. The van der Waals surface area contributed by atoms with Crippen LogP contribution in [-0.4, -0.2) is 23.5 Å². The van der Waals surface area contributed by atoms with Crippen molar-refractivity contribution in [3.05, 3.63) is 58.4 Å². The Morgan fingerprint density at radius 2 is 1.96 bits per heavy atom. The molecule has 0 aliphatic rings. The molecule has 0 unspecified atom stereocenters. The Morgan fingerprint density at radius 3 is 2.62 bits per heavy atom. The molecule has 0 radical (unpaired) electrons. The first-order valence-corrected chi connectivity index (χ1v) is 9.01. The summed E-state index contributed by atoms with van der Waals surface area (Å²) in [5.41, 5.74) is 1.42. The van der Waals surface area contributed by atoms with Crippen LogP contribution in [0, 0.1) is 0 Å². The van der Waals surface area contributed by atoms with E-state index in [2.05, 4.69) is 10.3 Å². The fraction of sp³-hybridized carbons (Fsp3) is 0.118. The fourth-order valence-electron chi connectivity index (χ4n) is 1.99. The number of rotatable bonds is 5. The number of benzene rings is 1. The van der Waals surface area contributed by atoms with E-state index in [0.29, 0.717) is 23.6 Å². The van der Waals surface area contributed by atoms with Gasteiger partial charge in [0.05, 0.1) is 17.0 Å². The Kier molecular flexibility index (Phi) is 5.02. The minimum atomic E-state index is -0.379. The van der Waals surface area contributed by atoms with E-state index in [1.165, 1.54) is 11.3 Å². The molecule has 5 nitrogen and oxygen atoms in total. The van der Waals surface area contributed by atoms with E-state index >= 15 is 0 Å². The smallest absolute Gasteiger partial charge is 0.338 e. The first kappa shape index (κ1) is 16.4. The highest BCUT2D eigenvalue weighted by molar-refractivity contribution is 7.20. The Bertz CT molecular complexity index is 839. The van der Waals surface area contributed by atoms with Crippen molar-refractivity contribution >= 4 is 40.2 Å². The van der Waals surface area contributed by atoms with Crippen LogP contribution in [0.15, 0.2) is 47.2 Å². The molecular weight excluding hydrogens is 344 g/mol. The van der Waals surface area contributed by atoms with Crippen molar-refractivity contribution in [2.45, 2.75) is 6.92 Å². The van der Waals surface area contributed by atoms with Gasteiger partial charge in [0.1, 0.15) is 10.7 Å². The lowest BCUT2D eigenvalue weighted by Gasteiger charge is -2.05. The molecule has 3 rings (SSSR count). The second-order valence-electron chi connectivity index (χ2n) is 4.77. The van der Waals surface area contributed by atoms with E-state index in [9.17, 15) is 9.59 Å². The van der Waals surface area contributed by atoms with Crippen LogP contribution in [0.4, 0.5) is 5.69 Å². The second-order valence-corrected chi connectivity index (χ2v) is 6.57. The summed E-state index contributed by atoms with van der Waals surface area (Å²) in [5, 5.41) is 7.31. The number of nitrogens with zero attached hydrogens (tertiary/aromatic N) is 1. The molecule has 0 saturated heterocycles. The Labute approximate surface area is 146 Å². The van der Waals surface area contributed by atoms with Crippen molar-refractivity contribution in [3.8, 4) is 9.88 Å². The van der Waals surface area contributed by atoms with Crippen LogP contribution in [-0.2, 0) is 4.74 Å². The summed E-state index contributed by atoms with van der Waals surface area (Å²) in [6.45, 7) is 2.08. The number of anilines is 1. The van der Waals surface area contributed by atoms with E-state index in [1.807, 2.05) is 17.5 Å². The maximum atomic E-state index is 12.3. The molecule has 1 N–H and O–H groups in total. The number of aromatic nitrogens is 1. The van der Waals surface area contributed by atoms with Crippen molar-refractivity contribution < 1.29 is 14.3 Å². The molecule has 0 spiro atoms. The molecule has 1 amide bonds. The van der Waals surface area contributed by atoms with Gasteiger partial charge in [0.25, 0.3) is 5.91 Å². The predicted octanol–water partition coefficient (Wildman–Crippen LogP) is 4.30. The lowest BCUT2D eigenvalue weighted by atomic mass is 10.2. The molecule has 0 fully saturated rings. The minimum absolute atomic E-state index is 0.280. The van der Waals surface area contributed by atoms with Gasteiger partial charge in [-0.2, -0.15) is 0 Å². The van der Waals surface area contributed by atoms with Crippen molar-refractivity contribution in [3.63, 3.8) is 0 Å². The lowest BCUT2D eigenvalue weighted by molar-refractivity contribution is 0.0526. The van der Waals surface area contributed by atoms with Gasteiger partial charge in [-0.1, -0.05) is 6.07 Å². The fourth-order valence-corrected chi connectivity index (χ4v) is 3.60. The van der Waals surface area contributed by atoms with Gasteiger partial charge >= 0.3 is 5.97 Å². The zero-order chi connectivity index (χ0) is 16.9. The standard InChI is InChI=1S/C17H14N2O3S2/c1-2-22-17(21)11-5-7-12(8-6-11)18-15(20)13-10-24-16(19-13)14-4-3-9-23-14/h3-10H,2H2,1H3,(H,18,20). The second kappa shape index (κ2) is 7.37. The van der Waals surface area contributed by atoms with E-state index < -0.39 is 0 Å². The van der Waals surface area contributed by atoms with Gasteiger partial charge in [-0.05, 0) is 42.6 Å². The first-order chi connectivity index (χ1) is 11.7. The van der Waals surface area contributed by atoms with Crippen molar-refractivity contribution in [2.75, 3.05) is 11.9 Å². The molecule has 2 aromatic heterocycles. The summed E-state index contributed by atoms with van der Waals surface area (Å²) in [6.07, 6.45) is 0. The van der Waals surface area contributed by atoms with E-state index in [0.717, 1.165) is 9.88 Å². The average Bonchev–Trinajstić information content (AvgIpc) is 3.27. The zero-order valence-corrected chi connectivity index (χ0v) is 14.4. The van der Waals surface area contributed by atoms with Gasteiger partial charge in [0.2, 0.25) is 0 Å². The third-order valence-electron chi connectivity index (χ3n) is 3.12. The molecular formula is C17H14N2O3S2. The van der Waals surface area contributed by atoms with E-state index in [-0.39, 0.29) is 11.9 Å². The summed E-state index contributed by atoms with van der Waals surface area (Å²) in [7, 11) is 0. The monoisotopic (exact) mass is 358 g/mol. The van der Waals surface area contributed by atoms with Gasteiger partial charge in [-0.15, -0.1) is 22.7 Å². The quantitative estimate of drug-likeness (QED) is 0.691. The lowest BCUT2D eigenvalue weighted by Crippen LogP contribution is -2.12. The Hall–Kier alpha value is -2.51. The van der Waals surface area contributed by atoms with Crippen LogP contribution in [0.25, 0.3) is 9.88 Å². The van der Waals surface area contributed by atoms with Gasteiger partial charge in [0.15, 0.2) is 0 Å². The topological polar surface area (TPSA) is 68.3 Å². The van der Waals surface area contributed by atoms with Gasteiger partial charge in [-0.3, -0.25) is 4.79 Å². The SMILES string of the molecule is CCOC(=O)c1ccc(NC(=O)c2csc(-c3cccs3)n2)cc1. The van der Waals surface area contributed by atoms with Crippen LogP contribution >= 0.6 is 22.7 Å². The van der Waals surface area contributed by atoms with Gasteiger partial charge < -0.3 is 10.1 Å². The molecule has 3 aromatic rings. The molecule has 0 atom stereocenters. The van der Waals surface area contributed by atoms with Crippen LogP contribution in [0.3, 0.4) is 0 Å². The largest absolute Gasteiger partial charge is 0.462 e. The van der Waals surface area contributed by atoms with Crippen LogP contribution in [0.5, 0.6) is 0 Å². The summed E-state index contributed by atoms with van der Waals surface area (Å²) in [6, 6.07) is 10.5. The average molecular weight is 358 g/mol. The third-order valence-corrected chi connectivity index (χ3v) is 5.00. The first-order valence-electron chi connectivity index (χ1n) is 7.25. The number of thiophene rings is 1. The summed E-state index contributed by atoms with van der Waals surface area (Å²) >= 11 is 3.02. The summed E-state index contributed by atoms with van der Waals surface area (Å²) in [4.78, 5) is 29.3. The van der Waals surface area contributed by atoms with Crippen LogP contribution in [0.2, 0.25) is 0 Å². The molecule has 122 valence electrons. The van der Waals surface area contributed by atoms with Crippen LogP contribution in [0.1, 0.15) is 27.8 Å². The van der Waals surface area contributed by atoms with Crippen molar-refractivity contribution in [1.82, 2.24) is 4.98 Å². The predicted molar refractivity (Wildman–Crippen MR) is 95.8 cm³/mol. The van der Waals surface area contributed by atoms with E-state index in [4.69, 9.17) is 4.74 Å².